The largest absolute Gasteiger partial charge is 0.493 e. The first-order valence-electron chi connectivity index (χ1n) is 8.43. The number of hydrogen-bond donors (Lipinski definition) is 2. The third-order valence-corrected chi connectivity index (χ3v) is 4.33. The van der Waals surface area contributed by atoms with Crippen LogP contribution in [0.2, 0.25) is 0 Å². The quantitative estimate of drug-likeness (QED) is 0.793. The van der Waals surface area contributed by atoms with Crippen LogP contribution in [0, 0.1) is 5.92 Å². The number of nitrogens with one attached hydrogen (secondary N) is 1. The molecular weight excluding hydrogens is 310 g/mol. The molecule has 24 heavy (non-hydrogen) atoms. The molecule has 0 aliphatic heterocycles. The Morgan fingerprint density at radius 3 is 2.50 bits per heavy atom. The lowest BCUT2D eigenvalue weighted by Crippen LogP contribution is -2.17. The van der Waals surface area contributed by atoms with Gasteiger partial charge in [-0.3, -0.25) is 4.79 Å². The Balaban J connectivity index is 2.21. The predicted molar refractivity (Wildman–Crippen MR) is 90.9 cm³/mol. The Bertz CT molecular complexity index is 593. The molecule has 2 N–H and O–H groups in total. The lowest BCUT2D eigenvalue weighted by molar-refractivity contribution is -0.115. The molecule has 0 aromatic heterocycles. The number of aromatic carboxylic acids is 1. The van der Waals surface area contributed by atoms with Crippen molar-refractivity contribution in [2.75, 3.05) is 19.0 Å². The van der Waals surface area contributed by atoms with E-state index in [1.807, 2.05) is 0 Å². The fraction of sp³-hybridized carbons (Fsp3) is 0.556. The predicted octanol–water partition coefficient (Wildman–Crippen LogP) is 3.70. The Labute approximate surface area is 142 Å². The monoisotopic (exact) mass is 335 g/mol. The van der Waals surface area contributed by atoms with E-state index in [2.05, 4.69) is 5.32 Å². The van der Waals surface area contributed by atoms with Gasteiger partial charge in [-0.1, -0.05) is 26.2 Å². The van der Waals surface area contributed by atoms with Crippen LogP contribution in [0.15, 0.2) is 12.1 Å². The van der Waals surface area contributed by atoms with Gasteiger partial charge in [0.15, 0.2) is 11.5 Å². The standard InChI is InChI=1S/C18H25NO5/c1-3-17(20)19-14-10-15(23-2)16(9-13(14)18(21)22)24-11-12-7-5-4-6-8-12/h9-10,12H,3-8,11H2,1-2H3,(H,19,20)(H,21,22). The van der Waals surface area contributed by atoms with Gasteiger partial charge in [-0.05, 0) is 18.8 Å². The fourth-order valence-corrected chi connectivity index (χ4v) is 2.91. The number of ether oxygens (including phenoxy) is 2. The highest BCUT2D eigenvalue weighted by molar-refractivity contribution is 6.01. The number of hydrogen-bond acceptors (Lipinski definition) is 4. The summed E-state index contributed by atoms with van der Waals surface area (Å²) in [6.45, 7) is 2.25. The molecule has 1 aromatic carbocycles. The van der Waals surface area contributed by atoms with Gasteiger partial charge < -0.3 is 19.9 Å². The molecule has 0 heterocycles. The van der Waals surface area contributed by atoms with Gasteiger partial charge in [0, 0.05) is 18.6 Å². The van der Waals surface area contributed by atoms with Crippen LogP contribution in [-0.2, 0) is 4.79 Å². The van der Waals surface area contributed by atoms with Crippen LogP contribution in [0.5, 0.6) is 11.5 Å². The Kier molecular flexibility index (Phi) is 6.46. The SMILES string of the molecule is CCC(=O)Nc1cc(OC)c(OCC2CCCCC2)cc1C(=O)O. The molecule has 0 unspecified atom stereocenters. The Morgan fingerprint density at radius 2 is 1.92 bits per heavy atom. The first-order valence-corrected chi connectivity index (χ1v) is 8.43. The van der Waals surface area contributed by atoms with E-state index >= 15 is 0 Å². The maximum absolute atomic E-state index is 11.6. The molecule has 0 bridgehead atoms. The third kappa shape index (κ3) is 4.63. The van der Waals surface area contributed by atoms with Crippen LogP contribution >= 0.6 is 0 Å². The average Bonchev–Trinajstić information content (AvgIpc) is 2.60. The second-order valence-corrected chi connectivity index (χ2v) is 6.07. The molecule has 2 rings (SSSR count). The molecule has 0 radical (unpaired) electrons. The molecule has 0 spiro atoms. The molecule has 6 heteroatoms. The van der Waals surface area contributed by atoms with Crippen molar-refractivity contribution in [3.8, 4) is 11.5 Å². The van der Waals surface area contributed by atoms with Crippen LogP contribution < -0.4 is 14.8 Å². The summed E-state index contributed by atoms with van der Waals surface area (Å²) >= 11 is 0. The molecule has 132 valence electrons. The minimum Gasteiger partial charge on any atom is -0.493 e. The second-order valence-electron chi connectivity index (χ2n) is 6.07. The molecule has 0 atom stereocenters. The van der Waals surface area contributed by atoms with Gasteiger partial charge in [-0.2, -0.15) is 0 Å². The minimum atomic E-state index is -1.12. The smallest absolute Gasteiger partial charge is 0.337 e. The van der Waals surface area contributed by atoms with Gasteiger partial charge in [-0.15, -0.1) is 0 Å². The maximum Gasteiger partial charge on any atom is 0.337 e. The summed E-state index contributed by atoms with van der Waals surface area (Å²) in [6.07, 6.45) is 6.24. The molecule has 1 saturated carbocycles. The van der Waals surface area contributed by atoms with Crippen LogP contribution in [0.3, 0.4) is 0 Å². The summed E-state index contributed by atoms with van der Waals surface area (Å²) in [6, 6.07) is 2.93. The molecule has 0 saturated heterocycles. The Morgan fingerprint density at radius 1 is 1.21 bits per heavy atom. The van der Waals surface area contributed by atoms with E-state index in [1.54, 1.807) is 6.92 Å². The molecule has 1 amide bonds. The van der Waals surface area contributed by atoms with Gasteiger partial charge >= 0.3 is 5.97 Å². The average molecular weight is 335 g/mol. The number of anilines is 1. The molecule has 1 fully saturated rings. The van der Waals surface area contributed by atoms with Crippen molar-refractivity contribution in [2.24, 2.45) is 5.92 Å². The van der Waals surface area contributed by atoms with E-state index < -0.39 is 5.97 Å². The highest BCUT2D eigenvalue weighted by Gasteiger charge is 2.20. The van der Waals surface area contributed by atoms with Crippen LogP contribution in [0.4, 0.5) is 5.69 Å². The lowest BCUT2D eigenvalue weighted by atomic mass is 9.90. The van der Waals surface area contributed by atoms with E-state index in [4.69, 9.17) is 9.47 Å². The van der Waals surface area contributed by atoms with Gasteiger partial charge in [-0.25, -0.2) is 4.79 Å². The number of amides is 1. The summed E-state index contributed by atoms with van der Waals surface area (Å²) in [4.78, 5) is 23.1. The molecule has 6 nitrogen and oxygen atoms in total. The second kappa shape index (κ2) is 8.57. The number of carbonyl (C=O) groups excluding carboxylic acids is 1. The topological polar surface area (TPSA) is 84.9 Å². The van der Waals surface area contributed by atoms with Crippen molar-refractivity contribution in [1.82, 2.24) is 0 Å². The summed E-state index contributed by atoms with van der Waals surface area (Å²) in [7, 11) is 1.49. The lowest BCUT2D eigenvalue weighted by Gasteiger charge is -2.22. The van der Waals surface area contributed by atoms with Gasteiger partial charge in [0.05, 0.1) is 25.0 Å². The van der Waals surface area contributed by atoms with Gasteiger partial charge in [0.2, 0.25) is 5.91 Å². The number of carboxylic acids is 1. The zero-order chi connectivity index (χ0) is 17.5. The summed E-state index contributed by atoms with van der Waals surface area (Å²) in [5, 5.41) is 12.0. The van der Waals surface area contributed by atoms with E-state index in [-0.39, 0.29) is 23.6 Å². The summed E-state index contributed by atoms with van der Waals surface area (Å²) in [5.41, 5.74) is 0.215. The van der Waals surface area contributed by atoms with Crippen LogP contribution in [-0.4, -0.2) is 30.7 Å². The van der Waals surface area contributed by atoms with Crippen LogP contribution in [0.1, 0.15) is 55.8 Å². The van der Waals surface area contributed by atoms with Gasteiger partial charge in [0.1, 0.15) is 0 Å². The van der Waals surface area contributed by atoms with E-state index in [0.717, 1.165) is 12.8 Å². The maximum atomic E-state index is 11.6. The molecule has 1 aliphatic rings. The number of benzene rings is 1. The zero-order valence-corrected chi connectivity index (χ0v) is 14.3. The number of rotatable bonds is 7. The van der Waals surface area contributed by atoms with E-state index in [1.165, 1.54) is 38.5 Å². The molecular formula is C18H25NO5. The first kappa shape index (κ1) is 18.1. The van der Waals surface area contributed by atoms with Crippen molar-refractivity contribution < 1.29 is 24.2 Å². The first-order chi connectivity index (χ1) is 11.5. The fourth-order valence-electron chi connectivity index (χ4n) is 2.91. The number of carbonyl (C=O) groups is 2. The Hall–Kier alpha value is -2.24. The number of methoxy groups -OCH3 is 1. The molecule has 1 aromatic rings. The van der Waals surface area contributed by atoms with Crippen LogP contribution in [0.25, 0.3) is 0 Å². The van der Waals surface area contributed by atoms with E-state index in [9.17, 15) is 14.7 Å². The van der Waals surface area contributed by atoms with Crippen molar-refractivity contribution in [2.45, 2.75) is 45.4 Å². The van der Waals surface area contributed by atoms with Gasteiger partial charge in [0.25, 0.3) is 0 Å². The number of carboxylic acid groups (broad SMARTS) is 1. The van der Waals surface area contributed by atoms with Crippen molar-refractivity contribution in [3.05, 3.63) is 17.7 Å². The molecule has 1 aliphatic carbocycles. The van der Waals surface area contributed by atoms with Crippen molar-refractivity contribution in [3.63, 3.8) is 0 Å². The normalized spacial score (nSPS) is 14.9. The van der Waals surface area contributed by atoms with E-state index in [0.29, 0.717) is 24.0 Å². The highest BCUT2D eigenvalue weighted by atomic mass is 16.5. The summed E-state index contributed by atoms with van der Waals surface area (Å²) < 4.78 is 11.2. The summed E-state index contributed by atoms with van der Waals surface area (Å²) in [5.74, 6) is -0.0598. The zero-order valence-electron chi connectivity index (χ0n) is 14.3. The minimum absolute atomic E-state index is 0.00348. The van der Waals surface area contributed by atoms with Crippen molar-refractivity contribution in [1.29, 1.82) is 0 Å². The van der Waals surface area contributed by atoms with Crippen molar-refractivity contribution >= 4 is 17.6 Å². The third-order valence-electron chi connectivity index (χ3n) is 4.33. The highest BCUT2D eigenvalue weighted by Crippen LogP contribution is 2.35.